The highest BCUT2D eigenvalue weighted by Crippen LogP contribution is 2.43. The lowest BCUT2D eigenvalue weighted by Crippen LogP contribution is -2.51. The SMILES string of the molecule is O=C([C@@H]1C=C2c3cccc4[nH]c(Cl)c(c34)C[C@H]2N(C(=O)O)C1)N1CCCC1. The smallest absolute Gasteiger partial charge is 0.407 e. The molecule has 1 aromatic heterocycles. The molecule has 27 heavy (non-hydrogen) atoms. The average molecular weight is 386 g/mol. The molecule has 0 bridgehead atoms. The number of likely N-dealkylation sites (tertiary alicyclic amines) is 1. The van der Waals surface area contributed by atoms with Gasteiger partial charge in [-0.25, -0.2) is 4.79 Å². The molecule has 3 heterocycles. The molecule has 0 radical (unpaired) electrons. The van der Waals surface area contributed by atoms with Crippen molar-refractivity contribution in [3.63, 3.8) is 0 Å². The number of aromatic amines is 1. The van der Waals surface area contributed by atoms with Gasteiger partial charge in [0.1, 0.15) is 5.15 Å². The summed E-state index contributed by atoms with van der Waals surface area (Å²) in [6.45, 7) is 1.73. The quantitative estimate of drug-likeness (QED) is 0.790. The van der Waals surface area contributed by atoms with Crippen molar-refractivity contribution in [2.24, 2.45) is 5.92 Å². The second-order valence-corrected chi connectivity index (χ2v) is 7.94. The number of benzene rings is 1. The van der Waals surface area contributed by atoms with Crippen molar-refractivity contribution in [2.75, 3.05) is 19.6 Å². The Morgan fingerprint density at radius 3 is 2.74 bits per heavy atom. The zero-order valence-corrected chi connectivity index (χ0v) is 15.5. The predicted octanol–water partition coefficient (Wildman–Crippen LogP) is 3.36. The first-order chi connectivity index (χ1) is 13.0. The lowest BCUT2D eigenvalue weighted by Gasteiger charge is -2.40. The van der Waals surface area contributed by atoms with Gasteiger partial charge in [0.05, 0.1) is 12.0 Å². The molecule has 6 nitrogen and oxygen atoms in total. The summed E-state index contributed by atoms with van der Waals surface area (Å²) in [5.74, 6) is -0.397. The lowest BCUT2D eigenvalue weighted by atomic mass is 9.79. The van der Waals surface area contributed by atoms with Crippen LogP contribution in [-0.4, -0.2) is 57.6 Å². The first kappa shape index (κ1) is 16.7. The maximum absolute atomic E-state index is 13.0. The molecule has 2 aromatic rings. The number of rotatable bonds is 1. The van der Waals surface area contributed by atoms with Crippen LogP contribution in [0, 0.1) is 5.92 Å². The molecule has 1 aliphatic carbocycles. The number of hydrogen-bond acceptors (Lipinski definition) is 2. The summed E-state index contributed by atoms with van der Waals surface area (Å²) in [7, 11) is 0. The molecule has 3 aliphatic rings. The third-order valence-electron chi connectivity index (χ3n) is 6.07. The summed E-state index contributed by atoms with van der Waals surface area (Å²) < 4.78 is 0. The molecule has 1 saturated heterocycles. The van der Waals surface area contributed by atoms with Gasteiger partial charge in [-0.05, 0) is 35.6 Å². The van der Waals surface area contributed by atoms with Gasteiger partial charge in [-0.1, -0.05) is 29.8 Å². The number of hydrogen-bond donors (Lipinski definition) is 2. The Labute approximate surface area is 161 Å². The topological polar surface area (TPSA) is 76.6 Å². The molecular formula is C20H20ClN3O3. The van der Waals surface area contributed by atoms with Crippen LogP contribution in [0.3, 0.4) is 0 Å². The Balaban J connectivity index is 1.64. The van der Waals surface area contributed by atoms with Gasteiger partial charge >= 0.3 is 6.09 Å². The molecule has 2 amide bonds. The van der Waals surface area contributed by atoms with Crippen molar-refractivity contribution < 1.29 is 14.7 Å². The van der Waals surface area contributed by atoms with E-state index in [9.17, 15) is 14.7 Å². The minimum Gasteiger partial charge on any atom is -0.465 e. The van der Waals surface area contributed by atoms with Crippen LogP contribution in [-0.2, 0) is 11.2 Å². The van der Waals surface area contributed by atoms with Gasteiger partial charge in [-0.3, -0.25) is 9.69 Å². The van der Waals surface area contributed by atoms with E-state index in [0.717, 1.165) is 53.5 Å². The second-order valence-electron chi connectivity index (χ2n) is 7.56. The van der Waals surface area contributed by atoms with Gasteiger partial charge in [0.25, 0.3) is 0 Å². The van der Waals surface area contributed by atoms with Crippen molar-refractivity contribution in [2.45, 2.75) is 25.3 Å². The third kappa shape index (κ3) is 2.46. The third-order valence-corrected chi connectivity index (χ3v) is 6.40. The molecule has 0 spiro atoms. The van der Waals surface area contributed by atoms with Crippen LogP contribution in [0.25, 0.3) is 16.5 Å². The predicted molar refractivity (Wildman–Crippen MR) is 103 cm³/mol. The van der Waals surface area contributed by atoms with Crippen LogP contribution < -0.4 is 0 Å². The fraction of sp³-hybridized carbons (Fsp3) is 0.400. The van der Waals surface area contributed by atoms with Gasteiger partial charge in [0, 0.05) is 37.0 Å². The number of carboxylic acid groups (broad SMARTS) is 1. The summed E-state index contributed by atoms with van der Waals surface area (Å²) in [6.07, 6.45) is 3.57. The molecule has 0 saturated carbocycles. The Morgan fingerprint density at radius 1 is 1.22 bits per heavy atom. The van der Waals surface area contributed by atoms with Gasteiger partial charge < -0.3 is 15.0 Å². The van der Waals surface area contributed by atoms with Gasteiger partial charge in [-0.15, -0.1) is 0 Å². The summed E-state index contributed by atoms with van der Waals surface area (Å²) >= 11 is 6.40. The Morgan fingerprint density at radius 2 is 2.00 bits per heavy atom. The van der Waals surface area contributed by atoms with E-state index in [1.54, 1.807) is 0 Å². The van der Waals surface area contributed by atoms with Crippen molar-refractivity contribution in [1.29, 1.82) is 0 Å². The van der Waals surface area contributed by atoms with Gasteiger partial charge in [0.15, 0.2) is 0 Å². The second kappa shape index (κ2) is 6.02. The molecule has 1 fully saturated rings. The Kier molecular flexibility index (Phi) is 3.72. The normalized spacial score (nSPS) is 24.1. The zero-order valence-electron chi connectivity index (χ0n) is 14.7. The van der Waals surface area contributed by atoms with Crippen molar-refractivity contribution in [3.8, 4) is 0 Å². The molecule has 2 aliphatic heterocycles. The van der Waals surface area contributed by atoms with Crippen LogP contribution >= 0.6 is 11.6 Å². The number of fused-ring (bicyclic) bond motifs is 2. The number of H-pyrrole nitrogens is 1. The number of carbonyl (C=O) groups is 2. The number of amides is 2. The molecule has 5 rings (SSSR count). The van der Waals surface area contributed by atoms with E-state index in [0.29, 0.717) is 11.6 Å². The molecule has 7 heteroatoms. The number of nitrogens with zero attached hydrogens (tertiary/aromatic N) is 2. The standard InChI is InChI=1S/C20H20ClN3O3/c21-18-14-9-16-13(12-4-3-5-15(22-18)17(12)14)8-11(10-24(16)20(26)27)19(25)23-6-1-2-7-23/h3-5,8,11,16,22H,1-2,6-7,9-10H2,(H,26,27)/t11-,16-/m1/s1. The minimum absolute atomic E-state index is 0.0368. The van der Waals surface area contributed by atoms with Gasteiger partial charge in [-0.2, -0.15) is 0 Å². The van der Waals surface area contributed by atoms with Crippen LogP contribution in [0.1, 0.15) is 24.0 Å². The Bertz CT molecular complexity index is 990. The number of carbonyl (C=O) groups excluding carboxylic acids is 1. The fourth-order valence-electron chi connectivity index (χ4n) is 4.82. The summed E-state index contributed by atoms with van der Waals surface area (Å²) in [5.41, 5.74) is 3.81. The van der Waals surface area contributed by atoms with E-state index >= 15 is 0 Å². The van der Waals surface area contributed by atoms with Crippen LogP contribution in [0.15, 0.2) is 24.3 Å². The molecule has 1 aromatic carbocycles. The van der Waals surface area contributed by atoms with Crippen LogP contribution in [0.5, 0.6) is 0 Å². The van der Waals surface area contributed by atoms with E-state index in [-0.39, 0.29) is 18.5 Å². The van der Waals surface area contributed by atoms with E-state index in [1.807, 2.05) is 29.2 Å². The number of aromatic nitrogens is 1. The van der Waals surface area contributed by atoms with Crippen molar-refractivity contribution in [1.82, 2.24) is 14.8 Å². The van der Waals surface area contributed by atoms with Gasteiger partial charge in [0.2, 0.25) is 5.91 Å². The average Bonchev–Trinajstić information content (AvgIpc) is 3.30. The maximum atomic E-state index is 13.0. The Hall–Kier alpha value is -2.47. The number of halogens is 1. The number of nitrogens with one attached hydrogen (secondary N) is 1. The minimum atomic E-state index is -0.993. The monoisotopic (exact) mass is 385 g/mol. The summed E-state index contributed by atoms with van der Waals surface area (Å²) in [5, 5.41) is 11.4. The molecule has 2 N–H and O–H groups in total. The maximum Gasteiger partial charge on any atom is 0.407 e. The first-order valence-corrected chi connectivity index (χ1v) is 9.72. The van der Waals surface area contributed by atoms with E-state index in [4.69, 9.17) is 11.6 Å². The summed E-state index contributed by atoms with van der Waals surface area (Å²) in [6, 6.07) is 5.60. The van der Waals surface area contributed by atoms with E-state index in [2.05, 4.69) is 4.98 Å². The zero-order chi connectivity index (χ0) is 18.7. The highest BCUT2D eigenvalue weighted by Gasteiger charge is 2.41. The van der Waals surface area contributed by atoms with Crippen molar-refractivity contribution in [3.05, 3.63) is 40.6 Å². The highest BCUT2D eigenvalue weighted by molar-refractivity contribution is 6.32. The van der Waals surface area contributed by atoms with Crippen molar-refractivity contribution >= 4 is 40.1 Å². The first-order valence-electron chi connectivity index (χ1n) is 9.34. The van der Waals surface area contributed by atoms with Crippen LogP contribution in [0.4, 0.5) is 4.79 Å². The van der Waals surface area contributed by atoms with Crippen LogP contribution in [0.2, 0.25) is 5.15 Å². The highest BCUT2D eigenvalue weighted by atomic mass is 35.5. The fourth-order valence-corrected chi connectivity index (χ4v) is 5.09. The summed E-state index contributed by atoms with van der Waals surface area (Å²) in [4.78, 5) is 31.4. The molecule has 140 valence electrons. The molecule has 0 unspecified atom stereocenters. The lowest BCUT2D eigenvalue weighted by molar-refractivity contribution is -0.133. The molecule has 2 atom stereocenters. The van der Waals surface area contributed by atoms with E-state index < -0.39 is 12.0 Å². The molecular weight excluding hydrogens is 366 g/mol. The largest absolute Gasteiger partial charge is 0.465 e. The van der Waals surface area contributed by atoms with E-state index in [1.165, 1.54) is 4.90 Å².